The Hall–Kier alpha value is -5.03. The summed E-state index contributed by atoms with van der Waals surface area (Å²) in [6.45, 7) is 15.1. The molecule has 0 aliphatic carbocycles. The normalized spacial score (nSPS) is 11.6. The van der Waals surface area contributed by atoms with E-state index in [1.807, 2.05) is 60.8 Å². The number of Topliss-reactive ketones (excluding diaryl/α,β-unsaturated/α-hetero) is 2. The Labute approximate surface area is 374 Å². The highest BCUT2D eigenvalue weighted by molar-refractivity contribution is 9.10. The zero-order valence-corrected chi connectivity index (χ0v) is 38.6. The topological polar surface area (TPSA) is 99.0 Å². The number of thiazole rings is 2. The number of carbonyl (C=O) groups is 2. The molecular formula is C49H52BrN7O2S2. The first-order valence-electron chi connectivity index (χ1n) is 21.3. The third-order valence-electron chi connectivity index (χ3n) is 11.3. The van der Waals surface area contributed by atoms with E-state index in [0.29, 0.717) is 18.4 Å². The van der Waals surface area contributed by atoms with E-state index in [-0.39, 0.29) is 11.6 Å². The number of fused-ring (bicyclic) bond motifs is 6. The second kappa shape index (κ2) is 20.7. The summed E-state index contributed by atoms with van der Waals surface area (Å²) in [6.07, 6.45) is 9.30. The average molecular weight is 915 g/mol. The van der Waals surface area contributed by atoms with Gasteiger partial charge in [0.1, 0.15) is 0 Å². The van der Waals surface area contributed by atoms with Crippen LogP contribution >= 0.6 is 38.6 Å². The van der Waals surface area contributed by atoms with E-state index in [0.717, 1.165) is 133 Å². The Morgan fingerprint density at radius 1 is 0.623 bits per heavy atom. The SMILES string of the molecule is CCN(CC)CCCCC(=O)c1ccc2c(c1)sc1nc(-c3ccc(Br)cc3)cn12.CCN(CC)CCCCC(=O)c1ccc2c(c1)sc1nc(-c3ccc(C#N)cc3)cn12. The molecule has 0 saturated carbocycles. The molecule has 0 radical (unpaired) electrons. The molecule has 0 aliphatic rings. The van der Waals surface area contributed by atoms with Crippen molar-refractivity contribution in [2.24, 2.45) is 0 Å². The van der Waals surface area contributed by atoms with Crippen LogP contribution in [0.2, 0.25) is 0 Å². The smallest absolute Gasteiger partial charge is 0.195 e. The average Bonchev–Trinajstić information content (AvgIpc) is 4.06. The van der Waals surface area contributed by atoms with Crippen LogP contribution in [0.4, 0.5) is 0 Å². The van der Waals surface area contributed by atoms with Gasteiger partial charge >= 0.3 is 0 Å². The van der Waals surface area contributed by atoms with Crippen LogP contribution < -0.4 is 0 Å². The Kier molecular flexibility index (Phi) is 14.9. The van der Waals surface area contributed by atoms with Crippen molar-refractivity contribution in [1.82, 2.24) is 28.6 Å². The van der Waals surface area contributed by atoms with Crippen LogP contribution in [0.3, 0.4) is 0 Å². The lowest BCUT2D eigenvalue weighted by Crippen LogP contribution is -2.24. The molecule has 4 heterocycles. The van der Waals surface area contributed by atoms with Crippen molar-refractivity contribution in [2.75, 3.05) is 39.3 Å². The fourth-order valence-electron chi connectivity index (χ4n) is 7.57. The van der Waals surface area contributed by atoms with Crippen molar-refractivity contribution in [3.05, 3.63) is 118 Å². The molecule has 4 aromatic carbocycles. The van der Waals surface area contributed by atoms with Gasteiger partial charge in [0, 0.05) is 52.0 Å². The number of hydrogen-bond donors (Lipinski definition) is 0. The molecule has 0 atom stereocenters. The molecule has 12 heteroatoms. The summed E-state index contributed by atoms with van der Waals surface area (Å²) in [5, 5.41) is 8.97. The van der Waals surface area contributed by atoms with Gasteiger partial charge in [-0.15, -0.1) is 0 Å². The van der Waals surface area contributed by atoms with Gasteiger partial charge in [0.25, 0.3) is 0 Å². The summed E-state index contributed by atoms with van der Waals surface area (Å²) in [4.78, 5) is 41.5. The quantitative estimate of drug-likeness (QED) is 0.0624. The molecular weight excluding hydrogens is 863 g/mol. The Morgan fingerprint density at radius 2 is 1.05 bits per heavy atom. The van der Waals surface area contributed by atoms with E-state index < -0.39 is 0 Å². The number of unbranched alkanes of at least 4 members (excludes halogenated alkanes) is 2. The zero-order valence-electron chi connectivity index (χ0n) is 35.4. The second-order valence-electron chi connectivity index (χ2n) is 15.1. The predicted octanol–water partition coefficient (Wildman–Crippen LogP) is 12.5. The molecule has 4 aromatic heterocycles. The first-order chi connectivity index (χ1) is 29.7. The fourth-order valence-corrected chi connectivity index (χ4v) is 9.93. The number of nitrogens with zero attached hydrogens (tertiary/aromatic N) is 7. The second-order valence-corrected chi connectivity index (χ2v) is 18.1. The van der Waals surface area contributed by atoms with Gasteiger partial charge in [-0.05, 0) is 126 Å². The summed E-state index contributed by atoms with van der Waals surface area (Å²) >= 11 is 6.70. The summed E-state index contributed by atoms with van der Waals surface area (Å²) in [6, 6.07) is 29.8. The molecule has 0 spiro atoms. The van der Waals surface area contributed by atoms with E-state index in [9.17, 15) is 9.59 Å². The zero-order chi connectivity index (χ0) is 42.9. The summed E-state index contributed by atoms with van der Waals surface area (Å²) in [5.74, 6) is 0.448. The van der Waals surface area contributed by atoms with Gasteiger partial charge in [0.15, 0.2) is 21.5 Å². The van der Waals surface area contributed by atoms with Gasteiger partial charge < -0.3 is 9.80 Å². The van der Waals surface area contributed by atoms with Gasteiger partial charge in [-0.25, -0.2) is 9.97 Å². The molecule has 0 unspecified atom stereocenters. The van der Waals surface area contributed by atoms with Gasteiger partial charge in [-0.1, -0.05) is 90.6 Å². The van der Waals surface area contributed by atoms with Gasteiger partial charge in [0.2, 0.25) is 0 Å². The molecule has 9 nitrogen and oxygen atoms in total. The van der Waals surface area contributed by atoms with Crippen molar-refractivity contribution >= 4 is 80.5 Å². The van der Waals surface area contributed by atoms with Crippen LogP contribution in [0.5, 0.6) is 0 Å². The van der Waals surface area contributed by atoms with E-state index in [1.54, 1.807) is 34.8 Å². The third-order valence-corrected chi connectivity index (χ3v) is 13.9. The lowest BCUT2D eigenvalue weighted by atomic mass is 10.1. The number of imidazole rings is 2. The van der Waals surface area contributed by atoms with Crippen LogP contribution in [-0.4, -0.2) is 79.4 Å². The number of hydrogen-bond acceptors (Lipinski definition) is 9. The first-order valence-corrected chi connectivity index (χ1v) is 23.7. The Morgan fingerprint density at radius 3 is 1.46 bits per heavy atom. The minimum Gasteiger partial charge on any atom is -0.304 e. The molecule has 61 heavy (non-hydrogen) atoms. The molecule has 0 fully saturated rings. The van der Waals surface area contributed by atoms with Gasteiger partial charge in [0.05, 0.1) is 43.5 Å². The monoisotopic (exact) mass is 913 g/mol. The van der Waals surface area contributed by atoms with Crippen LogP contribution in [0.15, 0.2) is 102 Å². The lowest BCUT2D eigenvalue weighted by Gasteiger charge is -2.17. The van der Waals surface area contributed by atoms with Crippen LogP contribution in [0.1, 0.15) is 92.5 Å². The number of carbonyl (C=O) groups excluding carboxylic acids is 2. The molecule has 8 aromatic rings. The highest BCUT2D eigenvalue weighted by Gasteiger charge is 2.15. The minimum atomic E-state index is 0.214. The van der Waals surface area contributed by atoms with E-state index in [4.69, 9.17) is 15.2 Å². The molecule has 0 aliphatic heterocycles. The Balaban J connectivity index is 0.000000184. The molecule has 0 N–H and O–H groups in total. The van der Waals surface area contributed by atoms with Crippen molar-refractivity contribution in [3.63, 3.8) is 0 Å². The first kappa shape index (κ1) is 44.0. The number of rotatable bonds is 18. The minimum absolute atomic E-state index is 0.214. The summed E-state index contributed by atoms with van der Waals surface area (Å²) in [7, 11) is 0. The van der Waals surface area contributed by atoms with E-state index in [2.05, 4.69) is 92.7 Å². The van der Waals surface area contributed by atoms with Crippen molar-refractivity contribution in [1.29, 1.82) is 5.26 Å². The van der Waals surface area contributed by atoms with Crippen LogP contribution in [-0.2, 0) is 0 Å². The largest absolute Gasteiger partial charge is 0.304 e. The van der Waals surface area contributed by atoms with Gasteiger partial charge in [-0.2, -0.15) is 5.26 Å². The van der Waals surface area contributed by atoms with Crippen LogP contribution in [0, 0.1) is 11.3 Å². The van der Waals surface area contributed by atoms with Crippen molar-refractivity contribution in [2.45, 2.75) is 66.2 Å². The maximum Gasteiger partial charge on any atom is 0.195 e. The molecule has 0 amide bonds. The summed E-state index contributed by atoms with van der Waals surface area (Å²) < 4.78 is 7.43. The third kappa shape index (κ3) is 10.5. The number of aromatic nitrogens is 4. The molecule has 314 valence electrons. The highest BCUT2D eigenvalue weighted by atomic mass is 79.9. The van der Waals surface area contributed by atoms with Crippen LogP contribution in [0.25, 0.3) is 52.9 Å². The number of nitriles is 1. The Bertz CT molecular complexity index is 2790. The number of ketones is 2. The predicted molar refractivity (Wildman–Crippen MR) is 256 cm³/mol. The maximum atomic E-state index is 12.7. The lowest BCUT2D eigenvalue weighted by molar-refractivity contribution is 0.0970. The molecule has 0 saturated heterocycles. The van der Waals surface area contributed by atoms with E-state index >= 15 is 0 Å². The highest BCUT2D eigenvalue weighted by Crippen LogP contribution is 2.32. The fraction of sp³-hybridized carbons (Fsp3) is 0.327. The number of halogens is 1. The van der Waals surface area contributed by atoms with Crippen molar-refractivity contribution < 1.29 is 9.59 Å². The number of benzene rings is 4. The van der Waals surface area contributed by atoms with Gasteiger partial charge in [-0.3, -0.25) is 18.4 Å². The molecule has 0 bridgehead atoms. The maximum absolute atomic E-state index is 12.7. The summed E-state index contributed by atoms with van der Waals surface area (Å²) in [5.41, 5.74) is 8.32. The molecule has 8 rings (SSSR count). The van der Waals surface area contributed by atoms with E-state index in [1.165, 1.54) is 0 Å². The standard InChI is InChI=1S/C25H26N4OS.C24H26BrN3OS/c1-3-28(4-2)14-6-5-7-23(30)20-12-13-22-24(15-20)31-25-27-21(17-29(22)25)19-10-8-18(16-26)9-11-19;1-3-27(4-2)14-6-5-7-22(29)18-10-13-21-23(15-18)30-24-26-20(16-28(21)24)17-8-11-19(25)12-9-17/h8-13,15,17H,3-7,14H2,1-2H3;8-13,15-16H,3-7,14H2,1-2H3. The van der Waals surface area contributed by atoms with Crippen molar-refractivity contribution in [3.8, 4) is 28.6 Å².